The fourth-order valence-corrected chi connectivity index (χ4v) is 4.97. The summed E-state index contributed by atoms with van der Waals surface area (Å²) < 4.78 is 38.9. The number of hydrogen-bond donors (Lipinski definition) is 0. The summed E-state index contributed by atoms with van der Waals surface area (Å²) in [6.45, 7) is 7.86. The van der Waals surface area contributed by atoms with Crippen LogP contribution >= 0.6 is 0 Å². The van der Waals surface area contributed by atoms with Crippen LogP contribution < -0.4 is 0 Å². The summed E-state index contributed by atoms with van der Waals surface area (Å²) in [5, 5.41) is 0. The van der Waals surface area contributed by atoms with Gasteiger partial charge in [-0.05, 0) is 81.9 Å². The van der Waals surface area contributed by atoms with Gasteiger partial charge < -0.3 is 0 Å². The second kappa shape index (κ2) is 10.7. The standard InChI is InChI=1S/C27H36F3N/c1-20(2)31(18-17-22-7-5-4-6-8-22)21(3)9-10-23-11-13-24(14-12-23)25-15-16-26(19-25)27(28,29)30/h4-8,11-14,20-21,25-26H,9-10,15-19H2,1-3H3. The summed E-state index contributed by atoms with van der Waals surface area (Å²) in [5.74, 6) is -1.08. The van der Waals surface area contributed by atoms with Crippen LogP contribution in [0.25, 0.3) is 0 Å². The number of alkyl halides is 3. The molecule has 0 spiro atoms. The lowest BCUT2D eigenvalue weighted by Crippen LogP contribution is -2.40. The molecule has 2 aromatic rings. The Morgan fingerprint density at radius 2 is 1.52 bits per heavy atom. The minimum absolute atomic E-state index is 0.0500. The van der Waals surface area contributed by atoms with E-state index in [1.165, 1.54) is 11.1 Å². The highest BCUT2D eigenvalue weighted by atomic mass is 19.4. The Morgan fingerprint density at radius 1 is 0.871 bits per heavy atom. The van der Waals surface area contributed by atoms with Crippen molar-refractivity contribution in [1.82, 2.24) is 4.90 Å². The molecule has 170 valence electrons. The third-order valence-corrected chi connectivity index (χ3v) is 6.93. The van der Waals surface area contributed by atoms with E-state index in [4.69, 9.17) is 0 Å². The third kappa shape index (κ3) is 6.83. The van der Waals surface area contributed by atoms with E-state index in [1.807, 2.05) is 0 Å². The first-order valence-electron chi connectivity index (χ1n) is 11.7. The van der Waals surface area contributed by atoms with Crippen LogP contribution in [0.1, 0.15) is 69.1 Å². The van der Waals surface area contributed by atoms with Gasteiger partial charge in [-0.15, -0.1) is 0 Å². The second-order valence-corrected chi connectivity index (χ2v) is 9.44. The van der Waals surface area contributed by atoms with Crippen molar-refractivity contribution in [3.8, 4) is 0 Å². The summed E-state index contributed by atoms with van der Waals surface area (Å²) >= 11 is 0. The molecule has 3 rings (SSSR count). The fourth-order valence-electron chi connectivity index (χ4n) is 4.97. The molecule has 31 heavy (non-hydrogen) atoms. The molecule has 0 heterocycles. The van der Waals surface area contributed by atoms with E-state index < -0.39 is 12.1 Å². The molecule has 1 saturated carbocycles. The van der Waals surface area contributed by atoms with Crippen molar-refractivity contribution >= 4 is 0 Å². The third-order valence-electron chi connectivity index (χ3n) is 6.93. The van der Waals surface area contributed by atoms with Gasteiger partial charge in [0.25, 0.3) is 0 Å². The smallest absolute Gasteiger partial charge is 0.298 e. The Hall–Kier alpha value is -1.81. The summed E-state index contributed by atoms with van der Waals surface area (Å²) in [6.07, 6.45) is 0.223. The lowest BCUT2D eigenvalue weighted by Gasteiger charge is -2.33. The van der Waals surface area contributed by atoms with Crippen molar-refractivity contribution in [3.05, 3.63) is 71.3 Å². The molecule has 1 aliphatic carbocycles. The lowest BCUT2D eigenvalue weighted by molar-refractivity contribution is -0.172. The molecule has 0 bridgehead atoms. The summed E-state index contributed by atoms with van der Waals surface area (Å²) in [6, 6.07) is 19.9. The molecule has 3 unspecified atom stereocenters. The van der Waals surface area contributed by atoms with Crippen LogP contribution in [-0.4, -0.2) is 29.7 Å². The predicted molar refractivity (Wildman–Crippen MR) is 122 cm³/mol. The highest BCUT2D eigenvalue weighted by molar-refractivity contribution is 5.26. The van der Waals surface area contributed by atoms with Crippen molar-refractivity contribution in [2.24, 2.45) is 5.92 Å². The van der Waals surface area contributed by atoms with E-state index >= 15 is 0 Å². The normalized spacial score (nSPS) is 20.5. The molecule has 1 nitrogen and oxygen atoms in total. The van der Waals surface area contributed by atoms with Gasteiger partial charge in [-0.1, -0.05) is 54.6 Å². The average Bonchev–Trinajstić information content (AvgIpc) is 3.24. The summed E-state index contributed by atoms with van der Waals surface area (Å²) in [5.41, 5.74) is 3.71. The minimum Gasteiger partial charge on any atom is -0.298 e. The lowest BCUT2D eigenvalue weighted by atomic mass is 9.94. The van der Waals surface area contributed by atoms with Crippen LogP contribution in [0, 0.1) is 5.92 Å². The van der Waals surface area contributed by atoms with Crippen LogP contribution in [0.15, 0.2) is 54.6 Å². The van der Waals surface area contributed by atoms with Crippen molar-refractivity contribution in [3.63, 3.8) is 0 Å². The molecule has 1 aliphatic rings. The number of rotatable bonds is 9. The monoisotopic (exact) mass is 431 g/mol. The maximum absolute atomic E-state index is 13.0. The molecule has 0 radical (unpaired) electrons. The minimum atomic E-state index is -4.05. The van der Waals surface area contributed by atoms with E-state index in [-0.39, 0.29) is 18.8 Å². The maximum Gasteiger partial charge on any atom is 0.391 e. The number of hydrogen-bond acceptors (Lipinski definition) is 1. The molecule has 0 amide bonds. The molecule has 3 atom stereocenters. The number of nitrogens with zero attached hydrogens (tertiary/aromatic N) is 1. The molecule has 2 aromatic carbocycles. The topological polar surface area (TPSA) is 3.24 Å². The maximum atomic E-state index is 13.0. The molecule has 0 saturated heterocycles. The Labute approximate surface area is 185 Å². The number of halogens is 3. The zero-order valence-electron chi connectivity index (χ0n) is 19.0. The molecule has 0 N–H and O–H groups in total. The van der Waals surface area contributed by atoms with Crippen molar-refractivity contribution in [1.29, 1.82) is 0 Å². The van der Waals surface area contributed by atoms with Crippen LogP contribution in [-0.2, 0) is 12.8 Å². The van der Waals surface area contributed by atoms with Gasteiger partial charge in [-0.2, -0.15) is 13.2 Å². The van der Waals surface area contributed by atoms with E-state index in [9.17, 15) is 13.2 Å². The van der Waals surface area contributed by atoms with Gasteiger partial charge in [-0.3, -0.25) is 4.90 Å². The first-order valence-corrected chi connectivity index (χ1v) is 11.7. The Balaban J connectivity index is 1.50. The van der Waals surface area contributed by atoms with Crippen LogP contribution in [0.2, 0.25) is 0 Å². The van der Waals surface area contributed by atoms with E-state index in [0.717, 1.165) is 31.4 Å². The second-order valence-electron chi connectivity index (χ2n) is 9.44. The van der Waals surface area contributed by atoms with Crippen LogP contribution in [0.3, 0.4) is 0 Å². The van der Waals surface area contributed by atoms with E-state index in [2.05, 4.69) is 80.3 Å². The number of aryl methyl sites for hydroxylation is 1. The zero-order chi connectivity index (χ0) is 22.4. The average molecular weight is 432 g/mol. The molecule has 4 heteroatoms. The van der Waals surface area contributed by atoms with Crippen molar-refractivity contribution in [2.75, 3.05) is 6.54 Å². The first kappa shape index (κ1) is 23.8. The fraction of sp³-hybridized carbons (Fsp3) is 0.556. The zero-order valence-corrected chi connectivity index (χ0v) is 19.0. The first-order chi connectivity index (χ1) is 14.7. The van der Waals surface area contributed by atoms with Gasteiger partial charge in [0.2, 0.25) is 0 Å². The predicted octanol–water partition coefficient (Wildman–Crippen LogP) is 7.41. The molecule has 0 aliphatic heterocycles. The van der Waals surface area contributed by atoms with E-state index in [0.29, 0.717) is 18.5 Å². The quantitative estimate of drug-likeness (QED) is 0.400. The van der Waals surface area contributed by atoms with Crippen LogP contribution in [0.5, 0.6) is 0 Å². The van der Waals surface area contributed by atoms with Gasteiger partial charge in [0.1, 0.15) is 0 Å². The van der Waals surface area contributed by atoms with Gasteiger partial charge in [0, 0.05) is 18.6 Å². The van der Waals surface area contributed by atoms with Gasteiger partial charge >= 0.3 is 6.18 Å². The number of benzene rings is 2. The van der Waals surface area contributed by atoms with Gasteiger partial charge in [0.15, 0.2) is 0 Å². The Kier molecular flexibility index (Phi) is 8.21. The van der Waals surface area contributed by atoms with Crippen LogP contribution in [0.4, 0.5) is 13.2 Å². The molecular formula is C27H36F3N. The highest BCUT2D eigenvalue weighted by Gasteiger charge is 2.44. The Morgan fingerprint density at radius 3 is 2.10 bits per heavy atom. The van der Waals surface area contributed by atoms with Crippen molar-refractivity contribution in [2.45, 2.75) is 83.5 Å². The summed E-state index contributed by atoms with van der Waals surface area (Å²) in [7, 11) is 0. The highest BCUT2D eigenvalue weighted by Crippen LogP contribution is 2.45. The van der Waals surface area contributed by atoms with Gasteiger partial charge in [-0.25, -0.2) is 0 Å². The van der Waals surface area contributed by atoms with Gasteiger partial charge in [0.05, 0.1) is 5.92 Å². The molecule has 0 aromatic heterocycles. The molecule has 1 fully saturated rings. The Bertz CT molecular complexity index is 782. The largest absolute Gasteiger partial charge is 0.391 e. The summed E-state index contributed by atoms with van der Waals surface area (Å²) in [4.78, 5) is 2.57. The molecular weight excluding hydrogens is 395 g/mol. The van der Waals surface area contributed by atoms with Crippen molar-refractivity contribution < 1.29 is 13.2 Å². The van der Waals surface area contributed by atoms with E-state index in [1.54, 1.807) is 0 Å². The SMILES string of the molecule is CC(C)N(CCc1ccccc1)C(C)CCc1ccc(C2CCC(C(F)(F)F)C2)cc1.